The molecule has 2 aliphatic rings. The molecular formula is C27H30N6O3S. The van der Waals surface area contributed by atoms with Gasteiger partial charge in [0.2, 0.25) is 0 Å². The van der Waals surface area contributed by atoms with Crippen molar-refractivity contribution in [1.29, 1.82) is 0 Å². The fraction of sp³-hybridized carbons (Fsp3) is 0.370. The molecule has 0 saturated carbocycles. The minimum atomic E-state index is -0.309. The maximum atomic E-state index is 14.0. The number of carbonyl (C=O) groups is 1. The molecule has 0 radical (unpaired) electrons. The van der Waals surface area contributed by atoms with Gasteiger partial charge in [-0.25, -0.2) is 4.68 Å². The first-order valence-corrected chi connectivity index (χ1v) is 13.2. The lowest BCUT2D eigenvalue weighted by molar-refractivity contribution is 0.0241. The minimum Gasteiger partial charge on any atom is -0.496 e. The summed E-state index contributed by atoms with van der Waals surface area (Å²) in [5, 5.41) is 13.6. The van der Waals surface area contributed by atoms with Gasteiger partial charge in [-0.1, -0.05) is 0 Å². The maximum absolute atomic E-state index is 14.0. The standard InChI is InChI=1S/C27H30N6O3S/c1-27(2)16-30(3)9-10-32(27)26(34)24-20-14-36-23-13-22(35-5)18(21-6-8-31(4)28-21)12-19(23)25(20)33(29-24)17-7-11-37-15-17/h6-8,11-13,15H,9-10,14,16H2,1-5H3. The van der Waals surface area contributed by atoms with E-state index in [1.54, 1.807) is 23.1 Å². The van der Waals surface area contributed by atoms with Gasteiger partial charge in [-0.3, -0.25) is 9.48 Å². The number of carbonyl (C=O) groups excluding carboxylic acids is 1. The second kappa shape index (κ2) is 8.74. The number of aromatic nitrogens is 4. The summed E-state index contributed by atoms with van der Waals surface area (Å²) >= 11 is 1.60. The lowest BCUT2D eigenvalue weighted by Gasteiger charge is -2.45. The number of aryl methyl sites for hydroxylation is 1. The average molecular weight is 519 g/mol. The molecule has 1 amide bonds. The summed E-state index contributed by atoms with van der Waals surface area (Å²) in [6.45, 7) is 6.77. The van der Waals surface area contributed by atoms with E-state index in [9.17, 15) is 4.79 Å². The van der Waals surface area contributed by atoms with E-state index in [0.717, 1.165) is 46.9 Å². The van der Waals surface area contributed by atoms with Crippen LogP contribution in [0.4, 0.5) is 0 Å². The first-order chi connectivity index (χ1) is 17.8. The van der Waals surface area contributed by atoms with Crippen molar-refractivity contribution < 1.29 is 14.3 Å². The topological polar surface area (TPSA) is 77.7 Å². The van der Waals surface area contributed by atoms with Gasteiger partial charge in [0, 0.05) is 61.0 Å². The van der Waals surface area contributed by atoms with Gasteiger partial charge in [0.1, 0.15) is 18.1 Å². The third kappa shape index (κ3) is 3.91. The number of thiophene rings is 1. The molecule has 1 saturated heterocycles. The molecule has 3 aromatic heterocycles. The molecule has 1 fully saturated rings. The van der Waals surface area contributed by atoms with Crippen molar-refractivity contribution in [2.75, 3.05) is 33.8 Å². The lowest BCUT2D eigenvalue weighted by Crippen LogP contribution is -2.60. The normalized spacial score (nSPS) is 16.7. The highest BCUT2D eigenvalue weighted by atomic mass is 32.1. The minimum absolute atomic E-state index is 0.0613. The molecule has 0 N–H and O–H groups in total. The van der Waals surface area contributed by atoms with Crippen LogP contribution < -0.4 is 9.47 Å². The van der Waals surface area contributed by atoms with Crippen molar-refractivity contribution in [2.45, 2.75) is 26.0 Å². The number of hydrogen-bond acceptors (Lipinski definition) is 7. The SMILES string of the molecule is COc1cc2c(cc1-c1ccn(C)n1)-c1c(c(C(=O)N3CCN(C)CC3(C)C)nn1-c1ccsc1)CO2. The zero-order chi connectivity index (χ0) is 25.9. The summed E-state index contributed by atoms with van der Waals surface area (Å²) in [6, 6.07) is 7.91. The van der Waals surface area contributed by atoms with Gasteiger partial charge in [-0.05, 0) is 44.5 Å². The number of methoxy groups -OCH3 is 1. The van der Waals surface area contributed by atoms with Gasteiger partial charge >= 0.3 is 0 Å². The fourth-order valence-corrected chi connectivity index (χ4v) is 6.06. The van der Waals surface area contributed by atoms with E-state index in [4.69, 9.17) is 14.6 Å². The number of amides is 1. The number of piperazine rings is 1. The molecular weight excluding hydrogens is 488 g/mol. The average Bonchev–Trinajstić information content (AvgIpc) is 3.61. The zero-order valence-corrected chi connectivity index (χ0v) is 22.5. The molecule has 0 atom stereocenters. The molecule has 37 heavy (non-hydrogen) atoms. The van der Waals surface area contributed by atoms with Crippen LogP contribution in [-0.4, -0.2) is 74.6 Å². The van der Waals surface area contributed by atoms with Crippen LogP contribution in [0.3, 0.4) is 0 Å². The van der Waals surface area contributed by atoms with Crippen molar-refractivity contribution in [3.8, 4) is 39.7 Å². The molecule has 4 aromatic rings. The van der Waals surface area contributed by atoms with E-state index in [-0.39, 0.29) is 18.1 Å². The van der Waals surface area contributed by atoms with E-state index >= 15 is 0 Å². The number of likely N-dealkylation sites (N-methyl/N-ethyl adjacent to an activating group) is 1. The molecule has 0 bridgehead atoms. The van der Waals surface area contributed by atoms with Crippen molar-refractivity contribution in [1.82, 2.24) is 29.4 Å². The Bertz CT molecular complexity index is 1490. The van der Waals surface area contributed by atoms with Crippen LogP contribution >= 0.6 is 11.3 Å². The second-order valence-corrected chi connectivity index (χ2v) is 11.1. The summed E-state index contributed by atoms with van der Waals surface area (Å²) in [4.78, 5) is 18.2. The number of hydrogen-bond donors (Lipinski definition) is 0. The zero-order valence-electron chi connectivity index (χ0n) is 21.7. The number of fused-ring (bicyclic) bond motifs is 3. The van der Waals surface area contributed by atoms with Crippen molar-refractivity contribution in [3.05, 3.63) is 52.5 Å². The second-order valence-electron chi connectivity index (χ2n) is 10.3. The van der Waals surface area contributed by atoms with Crippen LogP contribution in [-0.2, 0) is 13.7 Å². The Kier molecular flexibility index (Phi) is 5.61. The van der Waals surface area contributed by atoms with Crippen LogP contribution in [0.25, 0.3) is 28.2 Å². The van der Waals surface area contributed by atoms with E-state index < -0.39 is 0 Å². The highest BCUT2D eigenvalue weighted by Gasteiger charge is 2.40. The summed E-state index contributed by atoms with van der Waals surface area (Å²) in [6.07, 6.45) is 1.90. The highest BCUT2D eigenvalue weighted by Crippen LogP contribution is 2.46. The van der Waals surface area contributed by atoms with Gasteiger partial charge in [0.15, 0.2) is 5.69 Å². The van der Waals surface area contributed by atoms with Crippen LogP contribution in [0.15, 0.2) is 41.2 Å². The first kappa shape index (κ1) is 23.7. The summed E-state index contributed by atoms with van der Waals surface area (Å²) < 4.78 is 15.6. The lowest BCUT2D eigenvalue weighted by atomic mass is 9.96. The Morgan fingerprint density at radius 2 is 1.97 bits per heavy atom. The molecule has 5 heterocycles. The molecule has 1 aromatic carbocycles. The summed E-state index contributed by atoms with van der Waals surface area (Å²) in [5.74, 6) is 1.31. The first-order valence-electron chi connectivity index (χ1n) is 12.3. The van der Waals surface area contributed by atoms with Gasteiger partial charge < -0.3 is 19.3 Å². The largest absolute Gasteiger partial charge is 0.496 e. The Morgan fingerprint density at radius 3 is 2.65 bits per heavy atom. The molecule has 192 valence electrons. The summed E-state index contributed by atoms with van der Waals surface area (Å²) in [7, 11) is 5.63. The molecule has 6 rings (SSSR count). The van der Waals surface area contributed by atoms with Gasteiger partial charge in [0.25, 0.3) is 5.91 Å². The monoisotopic (exact) mass is 518 g/mol. The van der Waals surface area contributed by atoms with Crippen LogP contribution in [0, 0.1) is 0 Å². The number of ether oxygens (including phenoxy) is 2. The highest BCUT2D eigenvalue weighted by molar-refractivity contribution is 7.08. The Hall–Kier alpha value is -3.63. The molecule has 0 aliphatic carbocycles. The summed E-state index contributed by atoms with van der Waals surface area (Å²) in [5.41, 5.74) is 5.23. The number of nitrogens with zero attached hydrogens (tertiary/aromatic N) is 6. The smallest absolute Gasteiger partial charge is 0.275 e. The van der Waals surface area contributed by atoms with Gasteiger partial charge in [-0.15, -0.1) is 0 Å². The number of benzene rings is 1. The van der Waals surface area contributed by atoms with Crippen LogP contribution in [0.5, 0.6) is 11.5 Å². The molecule has 0 spiro atoms. The predicted octanol–water partition coefficient (Wildman–Crippen LogP) is 4.07. The van der Waals surface area contributed by atoms with Crippen LogP contribution in [0.2, 0.25) is 0 Å². The maximum Gasteiger partial charge on any atom is 0.275 e. The Labute approximate surface area is 219 Å². The molecule has 2 aliphatic heterocycles. The Morgan fingerprint density at radius 1 is 1.14 bits per heavy atom. The van der Waals surface area contributed by atoms with E-state index in [0.29, 0.717) is 23.7 Å². The quantitative estimate of drug-likeness (QED) is 0.405. The van der Waals surface area contributed by atoms with E-state index in [1.807, 2.05) is 57.9 Å². The van der Waals surface area contributed by atoms with E-state index in [1.165, 1.54) is 0 Å². The number of rotatable bonds is 4. The van der Waals surface area contributed by atoms with Gasteiger partial charge in [-0.2, -0.15) is 21.5 Å². The third-order valence-corrected chi connectivity index (χ3v) is 7.86. The molecule has 0 unspecified atom stereocenters. The fourth-order valence-electron chi connectivity index (χ4n) is 5.45. The molecule has 10 heteroatoms. The molecule has 9 nitrogen and oxygen atoms in total. The van der Waals surface area contributed by atoms with Crippen molar-refractivity contribution in [3.63, 3.8) is 0 Å². The predicted molar refractivity (Wildman–Crippen MR) is 143 cm³/mol. The van der Waals surface area contributed by atoms with Crippen molar-refractivity contribution >= 4 is 17.2 Å². The van der Waals surface area contributed by atoms with Gasteiger partial charge in [0.05, 0.1) is 29.7 Å². The van der Waals surface area contributed by atoms with Crippen molar-refractivity contribution in [2.24, 2.45) is 7.05 Å². The Balaban J connectivity index is 1.53. The van der Waals surface area contributed by atoms with E-state index in [2.05, 4.69) is 30.9 Å². The van der Waals surface area contributed by atoms with Crippen LogP contribution in [0.1, 0.15) is 29.9 Å². The third-order valence-electron chi connectivity index (χ3n) is 7.19.